The zero-order valence-corrected chi connectivity index (χ0v) is 49.2. The van der Waals surface area contributed by atoms with Gasteiger partial charge in [-0.1, -0.05) is 154 Å². The molecule has 2 heterocycles. The van der Waals surface area contributed by atoms with Gasteiger partial charge in [-0.05, 0) is 112 Å². The Morgan fingerprint density at radius 3 is 1.00 bits per heavy atom. The van der Waals surface area contributed by atoms with Gasteiger partial charge in [0.1, 0.15) is 23.7 Å². The topological polar surface area (TPSA) is 134 Å². The number of piperidine rings is 2. The molecule has 0 atom stereocenters. The van der Waals surface area contributed by atoms with Crippen LogP contribution < -0.4 is 0 Å². The Kier molecular flexibility index (Phi) is 15.7. The summed E-state index contributed by atoms with van der Waals surface area (Å²) in [5.74, 6) is -1.41. The Balaban J connectivity index is 1.68. The van der Waals surface area contributed by atoms with Gasteiger partial charge in [0.2, 0.25) is 11.8 Å². The molecule has 75 heavy (non-hydrogen) atoms. The number of hydrogen-bond acceptors (Lipinski definition) is 8. The maximum absolute atomic E-state index is 16.4. The normalized spacial score (nSPS) is 18.3. The highest BCUT2D eigenvalue weighted by Gasteiger charge is 2.56. The standard InChI is InChI=1S/C65H90N2O8/c1-41(68)66-59(9,10)37-47(38-60(66,11)12)74-55(72)65(56(73)75-48-39-61(13,14)67(42(2)69)62(15,16)40-48,35-43-31-49(57(3,4)5)53(70)51(33-43)63(17,18)45-27-23-21-24-28-45)36-44-32-50(58(6,7)8)54(71)52(34-44)64(19,20)46-29-25-22-26-30-46/h21-34,47-48,70-71H,35-40H2,1-20H3. The average Bonchev–Trinajstić information content (AvgIpc) is 3.24. The molecule has 0 saturated carbocycles. The number of carbonyl (C=O) groups excluding carboxylic acids is 4. The molecule has 2 aliphatic heterocycles. The maximum Gasteiger partial charge on any atom is 0.324 e. The van der Waals surface area contributed by atoms with Crippen LogP contribution in [0.2, 0.25) is 0 Å². The first-order valence-corrected chi connectivity index (χ1v) is 27.1. The van der Waals surface area contributed by atoms with Crippen molar-refractivity contribution in [1.82, 2.24) is 9.80 Å². The molecule has 0 aromatic heterocycles. The second-order valence-electron chi connectivity index (χ2n) is 27.8. The lowest BCUT2D eigenvalue weighted by molar-refractivity contribution is -0.189. The van der Waals surface area contributed by atoms with Crippen molar-refractivity contribution in [1.29, 1.82) is 0 Å². The number of benzene rings is 4. The third-order valence-electron chi connectivity index (χ3n) is 16.6. The molecule has 0 radical (unpaired) electrons. The second-order valence-corrected chi connectivity index (χ2v) is 27.8. The first-order chi connectivity index (χ1) is 34.2. The molecular formula is C65H90N2O8. The Morgan fingerprint density at radius 1 is 0.480 bits per heavy atom. The van der Waals surface area contributed by atoms with Crippen molar-refractivity contribution in [2.45, 2.75) is 233 Å². The molecule has 4 aromatic carbocycles. The van der Waals surface area contributed by atoms with E-state index in [9.17, 15) is 19.8 Å². The van der Waals surface area contributed by atoms with E-state index in [2.05, 4.69) is 27.7 Å². The monoisotopic (exact) mass is 1030 g/mol. The van der Waals surface area contributed by atoms with Gasteiger partial charge in [-0.15, -0.1) is 0 Å². The minimum Gasteiger partial charge on any atom is -0.507 e. The zero-order valence-electron chi connectivity index (χ0n) is 49.2. The summed E-state index contributed by atoms with van der Waals surface area (Å²) in [6.07, 6.45) is -0.446. The van der Waals surface area contributed by atoms with E-state index >= 15 is 9.59 Å². The number of amides is 2. The summed E-state index contributed by atoms with van der Waals surface area (Å²) >= 11 is 0. The van der Waals surface area contributed by atoms with E-state index in [0.29, 0.717) is 59.1 Å². The number of carbonyl (C=O) groups is 4. The number of phenols is 2. The summed E-state index contributed by atoms with van der Waals surface area (Å²) < 4.78 is 13.8. The highest BCUT2D eigenvalue weighted by Crippen LogP contribution is 2.49. The van der Waals surface area contributed by atoms with Gasteiger partial charge in [-0.3, -0.25) is 19.2 Å². The number of aromatic hydroxyl groups is 2. The van der Waals surface area contributed by atoms with Crippen LogP contribution in [0.5, 0.6) is 11.5 Å². The predicted molar refractivity (Wildman–Crippen MR) is 300 cm³/mol. The average molecular weight is 1030 g/mol. The van der Waals surface area contributed by atoms with Crippen molar-refractivity contribution in [3.05, 3.63) is 129 Å². The highest BCUT2D eigenvalue weighted by atomic mass is 16.6. The lowest BCUT2D eigenvalue weighted by Crippen LogP contribution is -2.64. The van der Waals surface area contributed by atoms with Crippen LogP contribution in [0, 0.1) is 5.41 Å². The number of phenolic OH excluding ortho intramolecular Hbond substituents is 2. The predicted octanol–water partition coefficient (Wildman–Crippen LogP) is 13.3. The molecule has 0 aliphatic carbocycles. The molecule has 2 saturated heterocycles. The van der Waals surface area contributed by atoms with E-state index in [1.165, 1.54) is 0 Å². The van der Waals surface area contributed by atoms with Crippen molar-refractivity contribution in [2.24, 2.45) is 5.41 Å². The molecule has 0 bridgehead atoms. The molecule has 2 aliphatic rings. The Bertz CT molecular complexity index is 2560. The van der Waals surface area contributed by atoms with Crippen LogP contribution in [0.3, 0.4) is 0 Å². The van der Waals surface area contributed by atoms with Crippen LogP contribution in [0.15, 0.2) is 84.9 Å². The molecule has 10 nitrogen and oxygen atoms in total. The molecular weight excluding hydrogens is 937 g/mol. The van der Waals surface area contributed by atoms with Crippen LogP contribution in [0.25, 0.3) is 0 Å². The minimum atomic E-state index is -2.07. The zero-order chi connectivity index (χ0) is 56.4. The molecule has 4 aromatic rings. The first kappa shape index (κ1) is 58.6. The van der Waals surface area contributed by atoms with Crippen molar-refractivity contribution in [2.75, 3.05) is 0 Å². The second kappa shape index (κ2) is 20.1. The van der Waals surface area contributed by atoms with Crippen LogP contribution in [0.4, 0.5) is 0 Å². The molecule has 2 amide bonds. The summed E-state index contributed by atoms with van der Waals surface area (Å²) in [7, 11) is 0. The summed E-state index contributed by atoms with van der Waals surface area (Å²) in [6.45, 7) is 39.5. The van der Waals surface area contributed by atoms with E-state index in [1.54, 1.807) is 13.8 Å². The highest BCUT2D eigenvalue weighted by molar-refractivity contribution is 6.01. The van der Waals surface area contributed by atoms with Crippen LogP contribution in [0.1, 0.15) is 209 Å². The van der Waals surface area contributed by atoms with Crippen LogP contribution in [-0.2, 0) is 63.2 Å². The van der Waals surface area contributed by atoms with Gasteiger partial charge >= 0.3 is 11.9 Å². The molecule has 0 spiro atoms. The number of likely N-dealkylation sites (tertiary alicyclic amines) is 2. The first-order valence-electron chi connectivity index (χ1n) is 27.1. The van der Waals surface area contributed by atoms with Crippen LogP contribution in [-0.4, -0.2) is 78.1 Å². The summed E-state index contributed by atoms with van der Waals surface area (Å²) in [4.78, 5) is 63.1. The molecule has 6 rings (SSSR count). The smallest absolute Gasteiger partial charge is 0.324 e. The summed E-state index contributed by atoms with van der Waals surface area (Å²) in [6, 6.07) is 27.7. The van der Waals surface area contributed by atoms with Gasteiger partial charge in [-0.25, -0.2) is 0 Å². The van der Waals surface area contributed by atoms with Crippen molar-refractivity contribution in [3.8, 4) is 11.5 Å². The Hall–Kier alpha value is -5.64. The Labute approximate surface area is 450 Å². The van der Waals surface area contributed by atoms with E-state index in [0.717, 1.165) is 11.1 Å². The number of hydrogen-bond donors (Lipinski definition) is 2. The number of esters is 2. The number of nitrogens with zero attached hydrogens (tertiary/aromatic N) is 2. The Morgan fingerprint density at radius 2 is 0.747 bits per heavy atom. The van der Waals surface area contributed by atoms with Gasteiger partial charge in [0.05, 0.1) is 0 Å². The van der Waals surface area contributed by atoms with Crippen molar-refractivity contribution >= 4 is 23.8 Å². The fraction of sp³-hybridized carbons (Fsp3) is 0.569. The van der Waals surface area contributed by atoms with E-state index in [4.69, 9.17) is 9.47 Å². The summed E-state index contributed by atoms with van der Waals surface area (Å²) in [5.41, 5.74) is -1.75. The number of rotatable bonds is 12. The SMILES string of the molecule is CC(=O)N1C(C)(C)CC(OC(=O)C(Cc2cc(C(C)(C)C)c(O)c(C(C)(C)c3ccccc3)c2)(Cc2cc(C(C)(C)C)c(O)c(C(C)(C)c3ccccc3)c2)C(=O)OC2CC(C)(C)N(C(C)=O)C(C)(C)C2)CC1(C)C. The van der Waals surface area contributed by atoms with Gasteiger partial charge in [-0.2, -0.15) is 0 Å². The van der Waals surface area contributed by atoms with Crippen molar-refractivity contribution < 1.29 is 38.9 Å². The molecule has 2 fully saturated rings. The molecule has 10 heteroatoms. The van der Waals surface area contributed by atoms with Crippen molar-refractivity contribution in [3.63, 3.8) is 0 Å². The fourth-order valence-corrected chi connectivity index (χ4v) is 13.6. The quantitative estimate of drug-likeness (QED) is 0.106. The van der Waals surface area contributed by atoms with Gasteiger partial charge < -0.3 is 29.5 Å². The third-order valence-corrected chi connectivity index (χ3v) is 16.6. The molecule has 0 unspecified atom stereocenters. The van der Waals surface area contributed by atoms with Crippen LogP contribution >= 0.6 is 0 Å². The summed E-state index contributed by atoms with van der Waals surface area (Å²) in [5, 5.41) is 24.8. The lowest BCUT2D eigenvalue weighted by atomic mass is 9.69. The molecule has 408 valence electrons. The van der Waals surface area contributed by atoms with Gasteiger partial charge in [0, 0.05) is 83.6 Å². The van der Waals surface area contributed by atoms with E-state index in [1.807, 2.05) is 192 Å². The van der Waals surface area contributed by atoms with Gasteiger partial charge in [0.15, 0.2) is 5.41 Å². The van der Waals surface area contributed by atoms with E-state index in [-0.39, 0.29) is 36.2 Å². The van der Waals surface area contributed by atoms with E-state index < -0.39 is 73.4 Å². The third kappa shape index (κ3) is 11.7. The maximum atomic E-state index is 16.4. The lowest BCUT2D eigenvalue weighted by Gasteiger charge is -2.55. The number of ether oxygens (including phenoxy) is 2. The largest absolute Gasteiger partial charge is 0.507 e. The fourth-order valence-electron chi connectivity index (χ4n) is 13.6. The van der Waals surface area contributed by atoms with Gasteiger partial charge in [0.25, 0.3) is 0 Å². The molecule has 2 N–H and O–H groups in total. The minimum absolute atomic E-state index is 0.0817.